The number of rotatable bonds is 8. The number of nitrogens with zero attached hydrogens (tertiary/aromatic N) is 3. The molecule has 1 fully saturated rings. The molecule has 1 aromatic heterocycles. The molecule has 0 amide bonds. The van der Waals surface area contributed by atoms with E-state index in [-0.39, 0.29) is 17.5 Å². The van der Waals surface area contributed by atoms with E-state index in [4.69, 9.17) is 4.74 Å². The van der Waals surface area contributed by atoms with Gasteiger partial charge in [0.15, 0.2) is 5.78 Å². The molecule has 1 aliphatic heterocycles. The normalized spacial score (nSPS) is 13.9. The number of anilines is 1. The summed E-state index contributed by atoms with van der Waals surface area (Å²) in [5, 5.41) is 5.56. The van der Waals surface area contributed by atoms with Gasteiger partial charge >= 0.3 is 0 Å². The second kappa shape index (κ2) is 10.5. The number of carbonyl (C=O) groups excluding carboxylic acids is 2. The number of benzene rings is 3. The van der Waals surface area contributed by atoms with Crippen LogP contribution in [0.5, 0.6) is 0 Å². The third-order valence-electron chi connectivity index (χ3n) is 6.77. The summed E-state index contributed by atoms with van der Waals surface area (Å²) < 4.78 is 7.31. The minimum absolute atomic E-state index is 0.0373. The van der Waals surface area contributed by atoms with E-state index in [2.05, 4.69) is 10.00 Å². The predicted molar refractivity (Wildman–Crippen MR) is 142 cm³/mol. The second-order valence-corrected chi connectivity index (χ2v) is 9.66. The van der Waals surface area contributed by atoms with Crippen molar-refractivity contribution in [3.8, 4) is 5.69 Å². The van der Waals surface area contributed by atoms with E-state index >= 15 is 0 Å². The van der Waals surface area contributed by atoms with E-state index in [1.165, 1.54) is 0 Å². The summed E-state index contributed by atoms with van der Waals surface area (Å²) >= 11 is 0. The first-order valence-corrected chi connectivity index (χ1v) is 12.5. The van der Waals surface area contributed by atoms with Crippen LogP contribution in [0.25, 0.3) is 16.6 Å². The number of ether oxygens (including phenoxy) is 1. The molecule has 184 valence electrons. The molecule has 0 radical (unpaired) electrons. The van der Waals surface area contributed by atoms with Crippen LogP contribution in [-0.4, -0.2) is 47.7 Å². The first-order valence-electron chi connectivity index (χ1n) is 12.5. The van der Waals surface area contributed by atoms with Crippen LogP contribution >= 0.6 is 0 Å². The Bertz CT molecular complexity index is 1370. The first-order chi connectivity index (χ1) is 17.5. The largest absolute Gasteiger partial charge is 0.378 e. The van der Waals surface area contributed by atoms with Crippen LogP contribution < -0.4 is 4.90 Å². The van der Waals surface area contributed by atoms with Crippen molar-refractivity contribution in [2.45, 2.75) is 26.7 Å². The lowest BCUT2D eigenvalue weighted by Gasteiger charge is -2.28. The summed E-state index contributed by atoms with van der Waals surface area (Å²) in [5.74, 6) is 0.375. The van der Waals surface area contributed by atoms with E-state index in [0.717, 1.165) is 65.3 Å². The molecule has 0 atom stereocenters. The second-order valence-electron chi connectivity index (χ2n) is 9.66. The summed E-state index contributed by atoms with van der Waals surface area (Å²) in [6.07, 6.45) is 2.62. The van der Waals surface area contributed by atoms with Gasteiger partial charge in [0.2, 0.25) is 0 Å². The maximum atomic E-state index is 12.9. The molecule has 0 N–H and O–H groups in total. The van der Waals surface area contributed by atoms with Gasteiger partial charge in [0.05, 0.1) is 30.6 Å². The first kappa shape index (κ1) is 23.9. The van der Waals surface area contributed by atoms with Gasteiger partial charge in [-0.1, -0.05) is 32.0 Å². The highest BCUT2D eigenvalue weighted by molar-refractivity contribution is 5.98. The molecular formula is C30H31N3O3. The summed E-state index contributed by atoms with van der Waals surface area (Å²) in [5.41, 5.74) is 5.74. The summed E-state index contributed by atoms with van der Waals surface area (Å²) in [6.45, 7) is 7.09. The molecule has 2 heterocycles. The Morgan fingerprint density at radius 1 is 0.861 bits per heavy atom. The summed E-state index contributed by atoms with van der Waals surface area (Å²) in [6, 6.07) is 21.9. The van der Waals surface area contributed by atoms with Crippen molar-refractivity contribution in [1.82, 2.24) is 9.78 Å². The zero-order chi connectivity index (χ0) is 25.1. The van der Waals surface area contributed by atoms with Crippen LogP contribution in [0, 0.1) is 5.92 Å². The molecule has 0 aliphatic carbocycles. The molecule has 1 aliphatic rings. The molecule has 0 spiro atoms. The fraction of sp³-hybridized carbons (Fsp3) is 0.300. The molecular weight excluding hydrogens is 450 g/mol. The average molecular weight is 482 g/mol. The van der Waals surface area contributed by atoms with Gasteiger partial charge in [-0.25, -0.2) is 4.68 Å². The molecule has 1 saturated heterocycles. The maximum Gasteiger partial charge on any atom is 0.167 e. The smallest absolute Gasteiger partial charge is 0.167 e. The molecule has 4 aromatic rings. The van der Waals surface area contributed by atoms with Crippen LogP contribution in [0.3, 0.4) is 0 Å². The highest BCUT2D eigenvalue weighted by Gasteiger charge is 2.14. The minimum atomic E-state index is 0.0373. The van der Waals surface area contributed by atoms with Gasteiger partial charge in [0, 0.05) is 48.5 Å². The van der Waals surface area contributed by atoms with E-state index in [1.54, 1.807) is 0 Å². The molecule has 0 unspecified atom stereocenters. The van der Waals surface area contributed by atoms with Crippen molar-refractivity contribution in [3.05, 3.63) is 89.6 Å². The number of carbonyl (C=O) groups is 2. The molecule has 36 heavy (non-hydrogen) atoms. The highest BCUT2D eigenvalue weighted by Crippen LogP contribution is 2.22. The zero-order valence-electron chi connectivity index (χ0n) is 20.8. The topological polar surface area (TPSA) is 64.4 Å². The standard InChI is InChI=1S/C30H31N3O3/c1-21(2)29(34)18-22-3-8-27(9-4-22)33-28-12-5-23(17-25(28)20-31-33)19-30(35)24-6-10-26(11-7-24)32-13-15-36-16-14-32/h3-12,17,20-21H,13-16,18-19H2,1-2H3. The van der Waals surface area contributed by atoms with Crippen LogP contribution in [0.4, 0.5) is 5.69 Å². The van der Waals surface area contributed by atoms with Crippen LogP contribution in [0.15, 0.2) is 72.9 Å². The lowest BCUT2D eigenvalue weighted by Crippen LogP contribution is -2.36. The Morgan fingerprint density at radius 2 is 1.53 bits per heavy atom. The lowest BCUT2D eigenvalue weighted by atomic mass is 10.0. The Labute approximate surface area is 211 Å². The van der Waals surface area contributed by atoms with Gasteiger partial charge in [-0.05, 0) is 59.7 Å². The number of ketones is 2. The van der Waals surface area contributed by atoms with Gasteiger partial charge in [0.25, 0.3) is 0 Å². The van der Waals surface area contributed by atoms with E-state index in [1.807, 2.05) is 91.5 Å². The molecule has 0 saturated carbocycles. The van der Waals surface area contributed by atoms with Crippen molar-refractivity contribution >= 4 is 28.2 Å². The van der Waals surface area contributed by atoms with Gasteiger partial charge in [-0.3, -0.25) is 9.59 Å². The van der Waals surface area contributed by atoms with Crippen LogP contribution in [0.1, 0.15) is 35.3 Å². The Kier molecular flexibility index (Phi) is 6.96. The van der Waals surface area contributed by atoms with Crippen molar-refractivity contribution in [2.75, 3.05) is 31.2 Å². The molecule has 0 bridgehead atoms. The van der Waals surface area contributed by atoms with Gasteiger partial charge in [0.1, 0.15) is 5.78 Å². The lowest BCUT2D eigenvalue weighted by molar-refractivity contribution is -0.121. The van der Waals surface area contributed by atoms with E-state index in [0.29, 0.717) is 12.8 Å². The Balaban J connectivity index is 1.27. The average Bonchev–Trinajstić information content (AvgIpc) is 3.33. The molecule has 6 nitrogen and oxygen atoms in total. The third-order valence-corrected chi connectivity index (χ3v) is 6.77. The van der Waals surface area contributed by atoms with Crippen molar-refractivity contribution in [3.63, 3.8) is 0 Å². The van der Waals surface area contributed by atoms with Crippen LogP contribution in [-0.2, 0) is 22.4 Å². The number of hydrogen-bond donors (Lipinski definition) is 0. The summed E-state index contributed by atoms with van der Waals surface area (Å²) in [4.78, 5) is 27.2. The zero-order valence-corrected chi connectivity index (χ0v) is 20.8. The molecule has 5 rings (SSSR count). The number of Topliss-reactive ketones (excluding diaryl/α,β-unsaturated/α-hetero) is 2. The Morgan fingerprint density at radius 3 is 2.22 bits per heavy atom. The number of morpholine rings is 1. The predicted octanol–water partition coefficient (Wildman–Crippen LogP) is 5.06. The third kappa shape index (κ3) is 5.24. The monoisotopic (exact) mass is 481 g/mol. The van der Waals surface area contributed by atoms with Crippen molar-refractivity contribution < 1.29 is 14.3 Å². The van der Waals surface area contributed by atoms with Gasteiger partial charge in [-0.2, -0.15) is 5.10 Å². The Hall–Kier alpha value is -3.77. The van der Waals surface area contributed by atoms with E-state index in [9.17, 15) is 9.59 Å². The van der Waals surface area contributed by atoms with Crippen molar-refractivity contribution in [2.24, 2.45) is 5.92 Å². The van der Waals surface area contributed by atoms with E-state index < -0.39 is 0 Å². The van der Waals surface area contributed by atoms with Crippen LogP contribution in [0.2, 0.25) is 0 Å². The fourth-order valence-electron chi connectivity index (χ4n) is 4.53. The quantitative estimate of drug-likeness (QED) is 0.329. The van der Waals surface area contributed by atoms with Gasteiger partial charge in [-0.15, -0.1) is 0 Å². The number of aromatic nitrogens is 2. The minimum Gasteiger partial charge on any atom is -0.378 e. The van der Waals surface area contributed by atoms with Gasteiger partial charge < -0.3 is 9.64 Å². The number of hydrogen-bond acceptors (Lipinski definition) is 5. The summed E-state index contributed by atoms with van der Waals surface area (Å²) in [7, 11) is 0. The fourth-order valence-corrected chi connectivity index (χ4v) is 4.53. The maximum absolute atomic E-state index is 12.9. The highest BCUT2D eigenvalue weighted by atomic mass is 16.5. The number of fused-ring (bicyclic) bond motifs is 1. The molecule has 6 heteroatoms. The molecule has 3 aromatic carbocycles. The SMILES string of the molecule is CC(C)C(=O)Cc1ccc(-n2ncc3cc(CC(=O)c4ccc(N5CCOCC5)cc4)ccc32)cc1. The van der Waals surface area contributed by atoms with Crippen molar-refractivity contribution in [1.29, 1.82) is 0 Å².